The van der Waals surface area contributed by atoms with Crippen LogP contribution in [0.5, 0.6) is 11.5 Å². The van der Waals surface area contributed by atoms with E-state index in [2.05, 4.69) is 4.74 Å². The van der Waals surface area contributed by atoms with Crippen molar-refractivity contribution < 1.29 is 22.6 Å². The zero-order valence-electron chi connectivity index (χ0n) is 14.3. The molecule has 27 heavy (non-hydrogen) atoms. The van der Waals surface area contributed by atoms with Crippen LogP contribution in [-0.4, -0.2) is 10.9 Å². The van der Waals surface area contributed by atoms with Crippen LogP contribution in [0.4, 0.5) is 13.2 Å². The number of allylic oxidation sites excluding steroid dienone is 1. The Morgan fingerprint density at radius 2 is 1.93 bits per heavy atom. The highest BCUT2D eigenvalue weighted by Gasteiger charge is 2.35. The zero-order chi connectivity index (χ0) is 19.9. The summed E-state index contributed by atoms with van der Waals surface area (Å²) in [6, 6.07) is 8.47. The third-order valence-corrected chi connectivity index (χ3v) is 4.30. The molecule has 0 saturated heterocycles. The van der Waals surface area contributed by atoms with Crippen molar-refractivity contribution in [2.75, 3.05) is 0 Å². The monoisotopic (exact) mass is 377 g/mol. The summed E-state index contributed by atoms with van der Waals surface area (Å²) in [6.45, 7) is 1.71. The summed E-state index contributed by atoms with van der Waals surface area (Å²) in [7, 11) is 1.57. The van der Waals surface area contributed by atoms with Crippen molar-refractivity contribution in [3.05, 3.63) is 69.0 Å². The maximum atomic E-state index is 12.8. The van der Waals surface area contributed by atoms with Crippen LogP contribution in [0.1, 0.15) is 22.7 Å². The van der Waals surface area contributed by atoms with Gasteiger partial charge in [-0.05, 0) is 24.6 Å². The molecule has 0 bridgehead atoms. The van der Waals surface area contributed by atoms with Gasteiger partial charge in [-0.1, -0.05) is 12.1 Å². The lowest BCUT2D eigenvalue weighted by Gasteiger charge is -2.26. The lowest BCUT2D eigenvalue weighted by atomic mass is 9.84. The Kier molecular flexibility index (Phi) is 4.35. The van der Waals surface area contributed by atoms with E-state index in [0.29, 0.717) is 11.3 Å². The fraction of sp³-hybridized carbons (Fsp3) is 0.222. The molecule has 1 aromatic heterocycles. The van der Waals surface area contributed by atoms with Gasteiger partial charge in [0, 0.05) is 18.8 Å². The Morgan fingerprint density at radius 1 is 1.30 bits per heavy atom. The molecule has 0 spiro atoms. The molecule has 140 valence electrons. The Labute approximate surface area is 151 Å². The van der Waals surface area contributed by atoms with Crippen LogP contribution in [0, 0.1) is 18.3 Å². The largest absolute Gasteiger partial charge is 0.573 e. The van der Waals surface area contributed by atoms with Crippen molar-refractivity contribution in [1.29, 1.82) is 5.26 Å². The highest BCUT2D eigenvalue weighted by molar-refractivity contribution is 5.55. The first-order valence-electron chi connectivity index (χ1n) is 7.76. The summed E-state index contributed by atoms with van der Waals surface area (Å²) < 4.78 is 47.7. The van der Waals surface area contributed by atoms with Gasteiger partial charge in [0.05, 0.1) is 11.5 Å². The second kappa shape index (κ2) is 6.39. The number of ether oxygens (including phenoxy) is 2. The van der Waals surface area contributed by atoms with Crippen molar-refractivity contribution in [3.8, 4) is 17.6 Å². The summed E-state index contributed by atoms with van der Waals surface area (Å²) in [5.74, 6) is -1.21. The topological polar surface area (TPSA) is 90.3 Å². The molecule has 0 fully saturated rings. The highest BCUT2D eigenvalue weighted by atomic mass is 19.4. The van der Waals surface area contributed by atoms with E-state index in [0.717, 1.165) is 12.1 Å². The standard InChI is InChI=1S/C18H14F3N3O3/c1-9-7-13-15(17(25)24(9)2)14(12(8-22)16(23)26-13)10-3-5-11(6-4-10)27-18(19,20)21/h3-7,14H,23H2,1-2H3. The molecule has 1 unspecified atom stereocenters. The van der Waals surface area contributed by atoms with Crippen LogP contribution in [0.25, 0.3) is 0 Å². The van der Waals surface area contributed by atoms with E-state index in [1.807, 2.05) is 6.07 Å². The number of hydrogen-bond acceptors (Lipinski definition) is 5. The Bertz CT molecular complexity index is 1030. The normalized spacial score (nSPS) is 16.4. The number of nitrogens with zero attached hydrogens (tertiary/aromatic N) is 2. The molecule has 1 atom stereocenters. The molecule has 1 aliphatic heterocycles. The number of rotatable bonds is 2. The number of aryl methyl sites for hydroxylation is 1. The van der Waals surface area contributed by atoms with Gasteiger partial charge in [-0.15, -0.1) is 13.2 Å². The van der Waals surface area contributed by atoms with E-state index in [-0.39, 0.29) is 28.3 Å². The predicted octanol–water partition coefficient (Wildman–Crippen LogP) is 2.81. The van der Waals surface area contributed by atoms with Crippen LogP contribution < -0.4 is 20.8 Å². The molecule has 0 aliphatic carbocycles. The minimum Gasteiger partial charge on any atom is -0.440 e. The SMILES string of the molecule is Cc1cc2c(c(=O)n1C)C(c1ccc(OC(F)(F)F)cc1)C(C#N)=C(N)O2. The van der Waals surface area contributed by atoms with Gasteiger partial charge in [-0.3, -0.25) is 4.79 Å². The van der Waals surface area contributed by atoms with Crippen molar-refractivity contribution in [3.63, 3.8) is 0 Å². The first kappa shape index (κ1) is 18.4. The summed E-state index contributed by atoms with van der Waals surface area (Å²) in [6.07, 6.45) is -4.82. The fourth-order valence-electron chi connectivity index (χ4n) is 2.94. The van der Waals surface area contributed by atoms with Crippen molar-refractivity contribution in [1.82, 2.24) is 4.57 Å². The number of alkyl halides is 3. The molecule has 6 nitrogen and oxygen atoms in total. The minimum absolute atomic E-state index is 0.00735. The van der Waals surface area contributed by atoms with Crippen LogP contribution >= 0.6 is 0 Å². The minimum atomic E-state index is -4.82. The Hall–Kier alpha value is -3.41. The number of benzene rings is 1. The Morgan fingerprint density at radius 3 is 2.48 bits per heavy atom. The van der Waals surface area contributed by atoms with Crippen molar-refractivity contribution in [2.45, 2.75) is 19.2 Å². The van der Waals surface area contributed by atoms with Gasteiger partial charge in [-0.25, -0.2) is 0 Å². The van der Waals surface area contributed by atoms with Gasteiger partial charge < -0.3 is 19.8 Å². The average molecular weight is 377 g/mol. The molecule has 0 saturated carbocycles. The van der Waals surface area contributed by atoms with E-state index in [4.69, 9.17) is 10.5 Å². The summed E-state index contributed by atoms with van der Waals surface area (Å²) >= 11 is 0. The van der Waals surface area contributed by atoms with Crippen LogP contribution in [0.15, 0.2) is 46.6 Å². The van der Waals surface area contributed by atoms with Crippen LogP contribution in [0.3, 0.4) is 0 Å². The predicted molar refractivity (Wildman–Crippen MR) is 88.8 cm³/mol. The fourth-order valence-corrected chi connectivity index (χ4v) is 2.94. The second-order valence-electron chi connectivity index (χ2n) is 5.97. The first-order chi connectivity index (χ1) is 12.6. The average Bonchev–Trinajstić information content (AvgIpc) is 2.58. The molecule has 2 N–H and O–H groups in total. The van der Waals surface area contributed by atoms with Gasteiger partial charge >= 0.3 is 6.36 Å². The number of pyridine rings is 1. The lowest BCUT2D eigenvalue weighted by molar-refractivity contribution is -0.274. The van der Waals surface area contributed by atoms with Gasteiger partial charge in [-0.2, -0.15) is 5.26 Å². The molecule has 0 amide bonds. The van der Waals surface area contributed by atoms with Gasteiger partial charge in [0.15, 0.2) is 0 Å². The summed E-state index contributed by atoms with van der Waals surface area (Å²) in [5, 5.41) is 9.49. The highest BCUT2D eigenvalue weighted by Crippen LogP contribution is 2.40. The third-order valence-electron chi connectivity index (χ3n) is 4.30. The van der Waals surface area contributed by atoms with Gasteiger partial charge in [0.25, 0.3) is 5.56 Å². The second-order valence-corrected chi connectivity index (χ2v) is 5.97. The smallest absolute Gasteiger partial charge is 0.440 e. The van der Waals surface area contributed by atoms with Crippen molar-refractivity contribution in [2.24, 2.45) is 12.8 Å². The summed E-state index contributed by atoms with van der Waals surface area (Å²) in [5.41, 5.74) is 6.69. The molecule has 3 rings (SSSR count). The molecule has 2 heterocycles. The molecule has 9 heteroatoms. The Balaban J connectivity index is 2.16. The van der Waals surface area contributed by atoms with Gasteiger partial charge in [0.1, 0.15) is 23.1 Å². The van der Waals surface area contributed by atoms with E-state index in [1.54, 1.807) is 20.0 Å². The number of hydrogen-bond donors (Lipinski definition) is 1. The molecule has 1 aliphatic rings. The number of aromatic nitrogens is 1. The van der Waals surface area contributed by atoms with E-state index in [1.165, 1.54) is 16.7 Å². The number of fused-ring (bicyclic) bond motifs is 1. The van der Waals surface area contributed by atoms with Crippen molar-refractivity contribution >= 4 is 0 Å². The maximum Gasteiger partial charge on any atom is 0.573 e. The summed E-state index contributed by atoms with van der Waals surface area (Å²) in [4.78, 5) is 12.8. The zero-order valence-corrected chi connectivity index (χ0v) is 14.3. The van der Waals surface area contributed by atoms with E-state index < -0.39 is 18.0 Å². The molecular weight excluding hydrogens is 363 g/mol. The molecule has 1 aromatic carbocycles. The number of halogens is 3. The molecule has 2 aromatic rings. The van der Waals surface area contributed by atoms with Crippen LogP contribution in [-0.2, 0) is 7.05 Å². The first-order valence-corrected chi connectivity index (χ1v) is 7.76. The van der Waals surface area contributed by atoms with E-state index in [9.17, 15) is 23.2 Å². The molecular formula is C18H14F3N3O3. The maximum absolute atomic E-state index is 12.8. The quantitative estimate of drug-likeness (QED) is 0.869. The lowest BCUT2D eigenvalue weighted by Crippen LogP contribution is -2.31. The van der Waals surface area contributed by atoms with E-state index >= 15 is 0 Å². The van der Waals surface area contributed by atoms with Gasteiger partial charge in [0.2, 0.25) is 5.88 Å². The molecule has 0 radical (unpaired) electrons. The number of nitriles is 1. The van der Waals surface area contributed by atoms with Crippen LogP contribution in [0.2, 0.25) is 0 Å². The third kappa shape index (κ3) is 3.33. The number of nitrogens with two attached hydrogens (primary N) is 1.